The maximum atomic E-state index is 11.9. The number of aromatic nitrogens is 2. The number of carbonyl (C=O) groups is 1. The van der Waals surface area contributed by atoms with E-state index in [4.69, 9.17) is 4.74 Å². The number of nitrogens with one attached hydrogen (secondary N) is 2. The van der Waals surface area contributed by atoms with Crippen molar-refractivity contribution in [1.82, 2.24) is 14.9 Å². The summed E-state index contributed by atoms with van der Waals surface area (Å²) in [6.45, 7) is 0.525. The molecule has 0 spiro atoms. The van der Waals surface area contributed by atoms with E-state index in [0.29, 0.717) is 18.1 Å². The van der Waals surface area contributed by atoms with E-state index in [1.807, 2.05) is 72.8 Å². The third kappa shape index (κ3) is 5.08. The third-order valence-electron chi connectivity index (χ3n) is 4.66. The lowest BCUT2D eigenvalue weighted by atomic mass is 10.2. The average Bonchev–Trinajstić information content (AvgIpc) is 2.79. The molecule has 0 aliphatic rings. The molecule has 0 aliphatic carbocycles. The zero-order chi connectivity index (χ0) is 21.6. The van der Waals surface area contributed by atoms with Gasteiger partial charge >= 0.3 is 6.03 Å². The Morgan fingerprint density at radius 2 is 1.68 bits per heavy atom. The van der Waals surface area contributed by atoms with E-state index in [1.165, 1.54) is 11.2 Å². The number of anilines is 3. The van der Waals surface area contributed by atoms with Crippen LogP contribution >= 0.6 is 0 Å². The van der Waals surface area contributed by atoms with Crippen LogP contribution in [0.1, 0.15) is 5.56 Å². The Labute approximate surface area is 180 Å². The van der Waals surface area contributed by atoms with Crippen LogP contribution in [-0.4, -0.2) is 35.0 Å². The molecule has 4 aromatic rings. The van der Waals surface area contributed by atoms with Gasteiger partial charge in [-0.3, -0.25) is 0 Å². The van der Waals surface area contributed by atoms with Crippen LogP contribution in [0, 0.1) is 0 Å². The van der Waals surface area contributed by atoms with Gasteiger partial charge in [-0.1, -0.05) is 30.3 Å². The summed E-state index contributed by atoms with van der Waals surface area (Å²) < 4.78 is 5.84. The average molecular weight is 413 g/mol. The van der Waals surface area contributed by atoms with Gasteiger partial charge < -0.3 is 20.3 Å². The van der Waals surface area contributed by atoms with Gasteiger partial charge in [0.25, 0.3) is 0 Å². The molecular formula is C24H23N5O2. The molecule has 1 aromatic heterocycles. The Kier molecular flexibility index (Phi) is 5.93. The molecule has 2 N–H and O–H groups in total. The first-order valence-electron chi connectivity index (χ1n) is 9.85. The van der Waals surface area contributed by atoms with Crippen molar-refractivity contribution >= 4 is 34.1 Å². The molecule has 0 atom stereocenters. The van der Waals surface area contributed by atoms with Gasteiger partial charge in [0.15, 0.2) is 0 Å². The van der Waals surface area contributed by atoms with E-state index in [1.54, 1.807) is 14.1 Å². The molecule has 7 heteroatoms. The van der Waals surface area contributed by atoms with Crippen molar-refractivity contribution in [3.05, 3.63) is 84.7 Å². The van der Waals surface area contributed by atoms with Gasteiger partial charge in [-0.05, 0) is 48.0 Å². The number of ether oxygens (including phenoxy) is 1. The van der Waals surface area contributed by atoms with Gasteiger partial charge in [0, 0.05) is 30.9 Å². The number of carbonyl (C=O) groups excluding carboxylic acids is 1. The standard InChI is InChI=1S/C24H23N5O2/c1-29(2)24(30)28-19-10-13-21-22(14-19)25-16-26-23(21)27-18-8-11-20(12-9-18)31-15-17-6-4-3-5-7-17/h3-14,16H,15H2,1-2H3,(H,28,30)(H,25,26,27). The smallest absolute Gasteiger partial charge is 0.321 e. The number of nitrogens with zero attached hydrogens (tertiary/aromatic N) is 3. The van der Waals surface area contributed by atoms with Crippen molar-refractivity contribution in [2.24, 2.45) is 0 Å². The second-order valence-corrected chi connectivity index (χ2v) is 7.20. The fourth-order valence-electron chi connectivity index (χ4n) is 2.98. The van der Waals surface area contributed by atoms with Crippen LogP contribution < -0.4 is 15.4 Å². The summed E-state index contributed by atoms with van der Waals surface area (Å²) in [7, 11) is 3.39. The molecule has 1 heterocycles. The quantitative estimate of drug-likeness (QED) is 0.463. The summed E-state index contributed by atoms with van der Waals surface area (Å²) >= 11 is 0. The van der Waals surface area contributed by atoms with Crippen LogP contribution in [-0.2, 0) is 6.61 Å². The Morgan fingerprint density at radius 3 is 2.42 bits per heavy atom. The summed E-state index contributed by atoms with van der Waals surface area (Å²) in [6.07, 6.45) is 1.50. The molecule has 0 aliphatic heterocycles. The molecule has 0 fully saturated rings. The van der Waals surface area contributed by atoms with Crippen molar-refractivity contribution in [3.63, 3.8) is 0 Å². The molecule has 0 radical (unpaired) electrons. The van der Waals surface area contributed by atoms with Crippen LogP contribution in [0.3, 0.4) is 0 Å². The van der Waals surface area contributed by atoms with Gasteiger partial charge in [0.2, 0.25) is 0 Å². The van der Waals surface area contributed by atoms with Crippen molar-refractivity contribution in [2.45, 2.75) is 6.61 Å². The summed E-state index contributed by atoms with van der Waals surface area (Å²) in [5.74, 6) is 1.48. The lowest BCUT2D eigenvalue weighted by Crippen LogP contribution is -2.27. The molecule has 7 nitrogen and oxygen atoms in total. The molecular weight excluding hydrogens is 390 g/mol. The Bertz CT molecular complexity index is 1180. The highest BCUT2D eigenvalue weighted by Crippen LogP contribution is 2.26. The van der Waals surface area contributed by atoms with Gasteiger partial charge in [-0.15, -0.1) is 0 Å². The minimum Gasteiger partial charge on any atom is -0.489 e. The van der Waals surface area contributed by atoms with Gasteiger partial charge in [-0.25, -0.2) is 14.8 Å². The molecule has 156 valence electrons. The number of urea groups is 1. The van der Waals surface area contributed by atoms with Gasteiger partial charge in [0.05, 0.1) is 5.52 Å². The Hall–Kier alpha value is -4.13. The lowest BCUT2D eigenvalue weighted by Gasteiger charge is -2.13. The minimum absolute atomic E-state index is 0.193. The summed E-state index contributed by atoms with van der Waals surface area (Å²) in [5, 5.41) is 7.01. The third-order valence-corrected chi connectivity index (χ3v) is 4.66. The summed E-state index contributed by atoms with van der Waals surface area (Å²) in [6, 6.07) is 23.1. The number of hydrogen-bond donors (Lipinski definition) is 2. The van der Waals surface area contributed by atoms with E-state index in [2.05, 4.69) is 20.6 Å². The first kappa shape index (κ1) is 20.2. The first-order chi connectivity index (χ1) is 15.1. The number of fused-ring (bicyclic) bond motifs is 1. The highest BCUT2D eigenvalue weighted by atomic mass is 16.5. The van der Waals surface area contributed by atoms with Gasteiger partial charge in [-0.2, -0.15) is 0 Å². The van der Waals surface area contributed by atoms with Crippen molar-refractivity contribution in [1.29, 1.82) is 0 Å². The number of benzene rings is 3. The minimum atomic E-state index is -0.193. The fraction of sp³-hybridized carbons (Fsp3) is 0.125. The molecule has 31 heavy (non-hydrogen) atoms. The Morgan fingerprint density at radius 1 is 0.935 bits per heavy atom. The maximum Gasteiger partial charge on any atom is 0.321 e. The van der Waals surface area contributed by atoms with Gasteiger partial charge in [0.1, 0.15) is 24.5 Å². The van der Waals surface area contributed by atoms with Crippen LogP contribution in [0.5, 0.6) is 5.75 Å². The largest absolute Gasteiger partial charge is 0.489 e. The molecule has 0 saturated heterocycles. The Balaban J connectivity index is 1.46. The van der Waals surface area contributed by atoms with E-state index in [-0.39, 0.29) is 6.03 Å². The number of hydrogen-bond acceptors (Lipinski definition) is 5. The molecule has 0 bridgehead atoms. The molecule has 0 saturated carbocycles. The zero-order valence-electron chi connectivity index (χ0n) is 17.4. The second kappa shape index (κ2) is 9.13. The lowest BCUT2D eigenvalue weighted by molar-refractivity contribution is 0.230. The van der Waals surface area contributed by atoms with E-state index in [9.17, 15) is 4.79 Å². The van der Waals surface area contributed by atoms with E-state index >= 15 is 0 Å². The SMILES string of the molecule is CN(C)C(=O)Nc1ccc2c(Nc3ccc(OCc4ccccc4)cc3)ncnc2c1. The molecule has 2 amide bonds. The number of rotatable bonds is 6. The molecule has 4 rings (SSSR count). The number of amides is 2. The van der Waals surface area contributed by atoms with Crippen molar-refractivity contribution in [2.75, 3.05) is 24.7 Å². The van der Waals surface area contributed by atoms with Crippen LogP contribution in [0.4, 0.5) is 22.0 Å². The van der Waals surface area contributed by atoms with Crippen LogP contribution in [0.15, 0.2) is 79.1 Å². The monoisotopic (exact) mass is 413 g/mol. The zero-order valence-corrected chi connectivity index (χ0v) is 17.4. The van der Waals surface area contributed by atoms with Crippen molar-refractivity contribution in [3.8, 4) is 5.75 Å². The molecule has 0 unspecified atom stereocenters. The normalized spacial score (nSPS) is 10.5. The predicted octanol–water partition coefficient (Wildman–Crippen LogP) is 5.05. The second-order valence-electron chi connectivity index (χ2n) is 7.20. The molecule has 3 aromatic carbocycles. The van der Waals surface area contributed by atoms with Crippen LogP contribution in [0.2, 0.25) is 0 Å². The summed E-state index contributed by atoms with van der Waals surface area (Å²) in [4.78, 5) is 22.0. The maximum absolute atomic E-state index is 11.9. The van der Waals surface area contributed by atoms with Crippen LogP contribution in [0.25, 0.3) is 10.9 Å². The topological polar surface area (TPSA) is 79.4 Å². The highest BCUT2D eigenvalue weighted by Gasteiger charge is 2.08. The first-order valence-corrected chi connectivity index (χ1v) is 9.85. The predicted molar refractivity (Wildman–Crippen MR) is 123 cm³/mol. The van der Waals surface area contributed by atoms with E-state index < -0.39 is 0 Å². The van der Waals surface area contributed by atoms with E-state index in [0.717, 1.165) is 27.9 Å². The van der Waals surface area contributed by atoms with Crippen molar-refractivity contribution < 1.29 is 9.53 Å². The highest BCUT2D eigenvalue weighted by molar-refractivity contribution is 5.96. The summed E-state index contributed by atoms with van der Waals surface area (Å²) in [5.41, 5.74) is 3.42. The fourth-order valence-corrected chi connectivity index (χ4v) is 2.98.